The normalized spacial score (nSPS) is 22.5. The highest BCUT2D eigenvalue weighted by atomic mass is 79.9. The summed E-state index contributed by atoms with van der Waals surface area (Å²) in [5.74, 6) is 1.32. The topological polar surface area (TPSA) is 36.9 Å². The molecule has 2 aromatic carbocycles. The number of nitrogens with zero attached hydrogens (tertiary/aromatic N) is 2. The number of ether oxygens (including phenoxy) is 1. The van der Waals surface area contributed by atoms with E-state index in [1.54, 1.807) is 0 Å². The van der Waals surface area contributed by atoms with Crippen molar-refractivity contribution in [2.45, 2.75) is 25.9 Å². The Hall–Kier alpha value is -1.85. The van der Waals surface area contributed by atoms with Crippen LogP contribution in [0.5, 0.6) is 5.75 Å². The van der Waals surface area contributed by atoms with Crippen LogP contribution in [0.2, 0.25) is 0 Å². The molecule has 0 saturated carbocycles. The molecule has 0 aromatic heterocycles. The number of hydrogen-bond acceptors (Lipinski definition) is 4. The lowest BCUT2D eigenvalue weighted by Crippen LogP contribution is -2.41. The third-order valence-corrected chi connectivity index (χ3v) is 5.80. The van der Waals surface area contributed by atoms with E-state index in [0.717, 1.165) is 36.3 Å². The summed E-state index contributed by atoms with van der Waals surface area (Å²) in [5, 5.41) is 4.64. The van der Waals surface area contributed by atoms with Gasteiger partial charge in [0.05, 0.1) is 17.1 Å². The summed E-state index contributed by atoms with van der Waals surface area (Å²) in [6, 6.07) is 17.3. The SMILES string of the molecule is CCOc1ccc(C2NN=C3CCN(Cc4ccccc4)CC32)cc1Br. The minimum Gasteiger partial charge on any atom is -0.493 e. The second-order valence-electron chi connectivity index (χ2n) is 6.91. The van der Waals surface area contributed by atoms with Gasteiger partial charge < -0.3 is 10.2 Å². The average Bonchev–Trinajstić information content (AvgIpc) is 3.08. The molecule has 136 valence electrons. The molecule has 5 heteroatoms. The standard InChI is InChI=1S/C21H24BrN3O/c1-2-26-20-9-8-16(12-18(20)22)21-17-14-25(11-10-19(17)23-24-21)13-15-6-4-3-5-7-15/h3-9,12,17,21,24H,2,10-11,13-14H2,1H3. The van der Waals surface area contributed by atoms with Crippen LogP contribution < -0.4 is 10.2 Å². The third-order valence-electron chi connectivity index (χ3n) is 5.18. The summed E-state index contributed by atoms with van der Waals surface area (Å²) < 4.78 is 6.64. The highest BCUT2D eigenvalue weighted by Crippen LogP contribution is 2.36. The van der Waals surface area contributed by atoms with Crippen LogP contribution in [0, 0.1) is 5.92 Å². The lowest BCUT2D eigenvalue weighted by Gasteiger charge is -2.33. The van der Waals surface area contributed by atoms with E-state index >= 15 is 0 Å². The van der Waals surface area contributed by atoms with Crippen LogP contribution in [0.3, 0.4) is 0 Å². The average molecular weight is 414 g/mol. The van der Waals surface area contributed by atoms with Gasteiger partial charge in [-0.15, -0.1) is 0 Å². The number of hydrogen-bond donors (Lipinski definition) is 1. The minimum atomic E-state index is 0.232. The van der Waals surface area contributed by atoms with Crippen molar-refractivity contribution in [3.05, 3.63) is 64.1 Å². The van der Waals surface area contributed by atoms with Crippen molar-refractivity contribution in [3.63, 3.8) is 0 Å². The second-order valence-corrected chi connectivity index (χ2v) is 7.76. The largest absolute Gasteiger partial charge is 0.493 e. The Morgan fingerprint density at radius 2 is 2.08 bits per heavy atom. The Balaban J connectivity index is 1.48. The molecule has 2 aliphatic heterocycles. The Morgan fingerprint density at radius 3 is 2.85 bits per heavy atom. The first-order valence-corrected chi connectivity index (χ1v) is 10.0. The number of likely N-dealkylation sites (tertiary alicyclic amines) is 1. The number of fused-ring (bicyclic) bond motifs is 1. The number of halogens is 1. The van der Waals surface area contributed by atoms with Crippen LogP contribution in [0.1, 0.15) is 30.5 Å². The van der Waals surface area contributed by atoms with Crippen molar-refractivity contribution in [1.82, 2.24) is 10.3 Å². The van der Waals surface area contributed by atoms with Gasteiger partial charge in [0.1, 0.15) is 5.75 Å². The summed E-state index contributed by atoms with van der Waals surface area (Å²) in [5.41, 5.74) is 7.32. The molecule has 2 aromatic rings. The smallest absolute Gasteiger partial charge is 0.133 e. The van der Waals surface area contributed by atoms with E-state index in [9.17, 15) is 0 Å². The Morgan fingerprint density at radius 1 is 1.23 bits per heavy atom. The molecule has 0 spiro atoms. The lowest BCUT2D eigenvalue weighted by molar-refractivity contribution is 0.220. The van der Waals surface area contributed by atoms with Gasteiger partial charge in [-0.2, -0.15) is 5.10 Å². The van der Waals surface area contributed by atoms with Crippen molar-refractivity contribution in [1.29, 1.82) is 0 Å². The molecule has 2 heterocycles. The second kappa shape index (κ2) is 7.80. The first-order valence-electron chi connectivity index (χ1n) is 9.25. The van der Waals surface area contributed by atoms with Crippen molar-refractivity contribution >= 4 is 21.6 Å². The first-order chi connectivity index (χ1) is 12.7. The monoisotopic (exact) mass is 413 g/mol. The number of piperidine rings is 1. The highest BCUT2D eigenvalue weighted by Gasteiger charge is 2.37. The van der Waals surface area contributed by atoms with Crippen molar-refractivity contribution in [2.24, 2.45) is 11.0 Å². The zero-order valence-electron chi connectivity index (χ0n) is 15.0. The fraction of sp³-hybridized carbons (Fsp3) is 0.381. The number of hydrazone groups is 1. The van der Waals surface area contributed by atoms with E-state index < -0.39 is 0 Å². The van der Waals surface area contributed by atoms with E-state index in [4.69, 9.17) is 4.74 Å². The predicted octanol–water partition coefficient (Wildman–Crippen LogP) is 4.37. The zero-order chi connectivity index (χ0) is 17.9. The van der Waals surface area contributed by atoms with Crippen LogP contribution in [-0.2, 0) is 6.54 Å². The lowest BCUT2D eigenvalue weighted by atomic mass is 9.86. The van der Waals surface area contributed by atoms with Crippen LogP contribution in [0.25, 0.3) is 0 Å². The minimum absolute atomic E-state index is 0.232. The molecule has 2 atom stereocenters. The molecular weight excluding hydrogens is 390 g/mol. The van der Waals surface area contributed by atoms with Gasteiger partial charge in [-0.3, -0.25) is 4.90 Å². The summed E-state index contributed by atoms with van der Waals surface area (Å²) in [4.78, 5) is 2.54. The van der Waals surface area contributed by atoms with Crippen molar-refractivity contribution in [2.75, 3.05) is 19.7 Å². The fourth-order valence-corrected chi connectivity index (χ4v) is 4.40. The van der Waals surface area contributed by atoms with Gasteiger partial charge in [0.2, 0.25) is 0 Å². The summed E-state index contributed by atoms with van der Waals surface area (Å²) in [6.45, 7) is 5.79. The van der Waals surface area contributed by atoms with Gasteiger partial charge in [0.25, 0.3) is 0 Å². The summed E-state index contributed by atoms with van der Waals surface area (Å²) in [7, 11) is 0. The number of nitrogens with one attached hydrogen (secondary N) is 1. The van der Waals surface area contributed by atoms with Crippen molar-refractivity contribution in [3.8, 4) is 5.75 Å². The molecule has 2 aliphatic rings. The summed E-state index contributed by atoms with van der Waals surface area (Å²) in [6.07, 6.45) is 1.04. The molecule has 0 amide bonds. The van der Waals surface area contributed by atoms with Gasteiger partial charge in [0, 0.05) is 37.7 Å². The maximum absolute atomic E-state index is 5.64. The van der Waals surface area contributed by atoms with Gasteiger partial charge in [-0.05, 0) is 46.1 Å². The Labute approximate surface area is 163 Å². The van der Waals surface area contributed by atoms with E-state index in [-0.39, 0.29) is 6.04 Å². The zero-order valence-corrected chi connectivity index (χ0v) is 16.6. The summed E-state index contributed by atoms with van der Waals surface area (Å²) >= 11 is 3.64. The quantitative estimate of drug-likeness (QED) is 0.790. The van der Waals surface area contributed by atoms with Gasteiger partial charge >= 0.3 is 0 Å². The van der Waals surface area contributed by atoms with Crippen LogP contribution >= 0.6 is 15.9 Å². The predicted molar refractivity (Wildman–Crippen MR) is 108 cm³/mol. The van der Waals surface area contributed by atoms with E-state index in [1.807, 2.05) is 13.0 Å². The van der Waals surface area contributed by atoms with E-state index in [2.05, 4.69) is 73.8 Å². The molecule has 4 nitrogen and oxygen atoms in total. The highest BCUT2D eigenvalue weighted by molar-refractivity contribution is 9.10. The molecule has 26 heavy (non-hydrogen) atoms. The molecule has 1 N–H and O–H groups in total. The first kappa shape index (κ1) is 17.6. The van der Waals surface area contributed by atoms with Gasteiger partial charge in [0.15, 0.2) is 0 Å². The maximum Gasteiger partial charge on any atom is 0.133 e. The Kier molecular flexibility index (Phi) is 5.27. The number of rotatable bonds is 5. The third kappa shape index (κ3) is 3.64. The maximum atomic E-state index is 5.64. The van der Waals surface area contributed by atoms with Gasteiger partial charge in [-0.1, -0.05) is 36.4 Å². The molecule has 4 rings (SSSR count). The fourth-order valence-electron chi connectivity index (χ4n) is 3.89. The van der Waals surface area contributed by atoms with Crippen molar-refractivity contribution < 1.29 is 4.74 Å². The molecular formula is C21H24BrN3O. The molecule has 2 unspecified atom stereocenters. The van der Waals surface area contributed by atoms with Crippen LogP contribution in [-0.4, -0.2) is 30.3 Å². The molecule has 1 saturated heterocycles. The van der Waals surface area contributed by atoms with Crippen LogP contribution in [0.4, 0.5) is 0 Å². The van der Waals surface area contributed by atoms with E-state index in [0.29, 0.717) is 12.5 Å². The molecule has 0 radical (unpaired) electrons. The number of benzene rings is 2. The van der Waals surface area contributed by atoms with Crippen LogP contribution in [0.15, 0.2) is 58.1 Å². The van der Waals surface area contributed by atoms with E-state index in [1.165, 1.54) is 16.8 Å². The Bertz CT molecular complexity index is 793. The van der Waals surface area contributed by atoms with Gasteiger partial charge in [-0.25, -0.2) is 0 Å². The molecule has 0 aliphatic carbocycles. The molecule has 1 fully saturated rings. The molecule has 0 bridgehead atoms.